The van der Waals surface area contributed by atoms with E-state index in [9.17, 15) is 4.79 Å². The minimum atomic E-state index is 0.201. The number of nitrogens with one attached hydrogen (secondary N) is 1. The van der Waals surface area contributed by atoms with Gasteiger partial charge in [-0.15, -0.1) is 0 Å². The van der Waals surface area contributed by atoms with Crippen molar-refractivity contribution < 1.29 is 4.79 Å². The Morgan fingerprint density at radius 3 is 1.83 bits per heavy atom. The third-order valence-electron chi connectivity index (χ3n) is 3.92. The zero-order chi connectivity index (χ0) is 17.7. The lowest BCUT2D eigenvalue weighted by Crippen LogP contribution is -2.23. The van der Waals surface area contributed by atoms with Crippen molar-refractivity contribution >= 4 is 5.91 Å². The van der Waals surface area contributed by atoms with Gasteiger partial charge in [-0.1, -0.05) is 70.6 Å². The molecule has 0 saturated heterocycles. The highest BCUT2D eigenvalue weighted by Gasteiger charge is 1.98. The van der Waals surface area contributed by atoms with Crippen molar-refractivity contribution in [2.75, 3.05) is 6.54 Å². The summed E-state index contributed by atoms with van der Waals surface area (Å²) in [6, 6.07) is 0. The largest absolute Gasteiger partial charge is 0.356 e. The molecule has 0 bridgehead atoms. The van der Waals surface area contributed by atoms with Crippen LogP contribution in [-0.2, 0) is 4.79 Å². The SMILES string of the molecule is CCCCCCCC#CC#CCCCCCCCC(=O)NCCC. The van der Waals surface area contributed by atoms with Gasteiger partial charge in [0.1, 0.15) is 0 Å². The first-order valence-corrected chi connectivity index (χ1v) is 10.0. The van der Waals surface area contributed by atoms with Crippen LogP contribution in [0.1, 0.15) is 104 Å². The van der Waals surface area contributed by atoms with Crippen molar-refractivity contribution in [3.8, 4) is 23.7 Å². The summed E-state index contributed by atoms with van der Waals surface area (Å²) in [6.45, 7) is 5.12. The van der Waals surface area contributed by atoms with Gasteiger partial charge in [-0.25, -0.2) is 0 Å². The third kappa shape index (κ3) is 18.6. The van der Waals surface area contributed by atoms with Gasteiger partial charge < -0.3 is 5.32 Å². The van der Waals surface area contributed by atoms with Crippen molar-refractivity contribution in [3.63, 3.8) is 0 Å². The Labute approximate surface area is 150 Å². The maximum absolute atomic E-state index is 11.4. The molecule has 0 aliphatic carbocycles. The number of hydrogen-bond donors (Lipinski definition) is 1. The molecule has 2 heteroatoms. The Morgan fingerprint density at radius 2 is 1.25 bits per heavy atom. The predicted molar refractivity (Wildman–Crippen MR) is 105 cm³/mol. The summed E-state index contributed by atoms with van der Waals surface area (Å²) in [4.78, 5) is 11.4. The fraction of sp³-hybridized carbons (Fsp3) is 0.773. The molecule has 136 valence electrons. The first kappa shape index (κ1) is 22.6. The number of rotatable bonds is 14. The normalized spacial score (nSPS) is 9.58. The highest BCUT2D eigenvalue weighted by molar-refractivity contribution is 5.75. The zero-order valence-electron chi connectivity index (χ0n) is 16.0. The maximum atomic E-state index is 11.4. The molecule has 0 atom stereocenters. The molecule has 0 radical (unpaired) electrons. The topological polar surface area (TPSA) is 29.1 Å². The highest BCUT2D eigenvalue weighted by atomic mass is 16.1. The standard InChI is InChI=1S/C22H37NO/c1-3-5-6-7-8-9-10-11-12-13-14-15-16-17-18-19-20-22(24)23-21-4-2/h3-9,14-21H2,1-2H3,(H,23,24). The van der Waals surface area contributed by atoms with Gasteiger partial charge in [-0.05, 0) is 37.5 Å². The lowest BCUT2D eigenvalue weighted by atomic mass is 10.1. The van der Waals surface area contributed by atoms with Crippen LogP contribution in [0.5, 0.6) is 0 Å². The van der Waals surface area contributed by atoms with Crippen LogP contribution < -0.4 is 5.32 Å². The predicted octanol–water partition coefficient (Wildman–Crippen LogP) is 5.61. The third-order valence-corrected chi connectivity index (χ3v) is 3.92. The van der Waals surface area contributed by atoms with E-state index >= 15 is 0 Å². The van der Waals surface area contributed by atoms with E-state index in [1.54, 1.807) is 0 Å². The summed E-state index contributed by atoms with van der Waals surface area (Å²) in [6.07, 6.45) is 15.8. The monoisotopic (exact) mass is 331 g/mol. The van der Waals surface area contributed by atoms with Gasteiger partial charge in [0.15, 0.2) is 0 Å². The summed E-state index contributed by atoms with van der Waals surface area (Å²) in [5, 5.41) is 2.91. The molecule has 0 rings (SSSR count). The molecule has 0 aliphatic heterocycles. The smallest absolute Gasteiger partial charge is 0.219 e. The Morgan fingerprint density at radius 1 is 0.708 bits per heavy atom. The van der Waals surface area contributed by atoms with Crippen LogP contribution in [0.25, 0.3) is 0 Å². The van der Waals surface area contributed by atoms with E-state index in [4.69, 9.17) is 0 Å². The van der Waals surface area contributed by atoms with E-state index < -0.39 is 0 Å². The van der Waals surface area contributed by atoms with E-state index in [0.29, 0.717) is 6.42 Å². The van der Waals surface area contributed by atoms with E-state index in [-0.39, 0.29) is 5.91 Å². The van der Waals surface area contributed by atoms with Crippen LogP contribution in [-0.4, -0.2) is 12.5 Å². The van der Waals surface area contributed by atoms with Crippen molar-refractivity contribution in [2.45, 2.75) is 104 Å². The van der Waals surface area contributed by atoms with E-state index in [2.05, 4.69) is 42.8 Å². The maximum Gasteiger partial charge on any atom is 0.219 e. The fourth-order valence-electron chi connectivity index (χ4n) is 2.41. The molecular formula is C22H37NO. The minimum absolute atomic E-state index is 0.201. The van der Waals surface area contributed by atoms with Gasteiger partial charge in [0.25, 0.3) is 0 Å². The summed E-state index contributed by atoms with van der Waals surface area (Å²) in [5.74, 6) is 12.4. The summed E-state index contributed by atoms with van der Waals surface area (Å²) >= 11 is 0. The van der Waals surface area contributed by atoms with Gasteiger partial charge in [-0.3, -0.25) is 4.79 Å². The van der Waals surface area contributed by atoms with E-state index in [1.807, 2.05) is 0 Å². The van der Waals surface area contributed by atoms with Crippen LogP contribution in [0, 0.1) is 23.7 Å². The first-order chi connectivity index (χ1) is 11.8. The van der Waals surface area contributed by atoms with Crippen molar-refractivity contribution in [2.24, 2.45) is 0 Å². The molecule has 0 aromatic carbocycles. The molecule has 1 amide bonds. The summed E-state index contributed by atoms with van der Waals surface area (Å²) < 4.78 is 0. The van der Waals surface area contributed by atoms with E-state index in [0.717, 1.165) is 45.1 Å². The number of hydrogen-bond acceptors (Lipinski definition) is 1. The second kappa shape index (κ2) is 19.6. The van der Waals surface area contributed by atoms with Crippen LogP contribution in [0.2, 0.25) is 0 Å². The Bertz CT molecular complexity index is 405. The Hall–Kier alpha value is -1.41. The lowest BCUT2D eigenvalue weighted by Gasteiger charge is -2.03. The van der Waals surface area contributed by atoms with Gasteiger partial charge in [-0.2, -0.15) is 0 Å². The molecule has 0 aliphatic rings. The minimum Gasteiger partial charge on any atom is -0.356 e. The highest BCUT2D eigenvalue weighted by Crippen LogP contribution is 2.07. The molecule has 0 heterocycles. The number of carbonyl (C=O) groups is 1. The second-order valence-electron chi connectivity index (χ2n) is 6.39. The van der Waals surface area contributed by atoms with Gasteiger partial charge >= 0.3 is 0 Å². The molecule has 0 spiro atoms. The molecule has 0 aromatic rings. The van der Waals surface area contributed by atoms with E-state index in [1.165, 1.54) is 44.9 Å². The molecule has 0 unspecified atom stereocenters. The average molecular weight is 332 g/mol. The molecule has 24 heavy (non-hydrogen) atoms. The molecular weight excluding hydrogens is 294 g/mol. The summed E-state index contributed by atoms with van der Waals surface area (Å²) in [7, 11) is 0. The number of carbonyl (C=O) groups excluding carboxylic acids is 1. The quantitative estimate of drug-likeness (QED) is 0.325. The van der Waals surface area contributed by atoms with Crippen molar-refractivity contribution in [3.05, 3.63) is 0 Å². The molecule has 2 nitrogen and oxygen atoms in total. The average Bonchev–Trinajstić information content (AvgIpc) is 2.59. The Kier molecular flexibility index (Phi) is 18.5. The first-order valence-electron chi connectivity index (χ1n) is 10.0. The van der Waals surface area contributed by atoms with Crippen molar-refractivity contribution in [1.29, 1.82) is 0 Å². The van der Waals surface area contributed by atoms with Crippen LogP contribution in [0.4, 0.5) is 0 Å². The number of amides is 1. The van der Waals surface area contributed by atoms with Gasteiger partial charge in [0.05, 0.1) is 0 Å². The second-order valence-corrected chi connectivity index (χ2v) is 6.39. The van der Waals surface area contributed by atoms with Crippen LogP contribution >= 0.6 is 0 Å². The molecule has 1 N–H and O–H groups in total. The van der Waals surface area contributed by atoms with Gasteiger partial charge in [0.2, 0.25) is 5.91 Å². The van der Waals surface area contributed by atoms with Crippen LogP contribution in [0.3, 0.4) is 0 Å². The van der Waals surface area contributed by atoms with Crippen LogP contribution in [0.15, 0.2) is 0 Å². The van der Waals surface area contributed by atoms with Gasteiger partial charge in [0, 0.05) is 25.8 Å². The Balaban J connectivity index is 3.32. The molecule has 0 aromatic heterocycles. The van der Waals surface area contributed by atoms with Crippen molar-refractivity contribution in [1.82, 2.24) is 5.32 Å². The fourth-order valence-corrected chi connectivity index (χ4v) is 2.41. The molecule has 0 fully saturated rings. The molecule has 0 saturated carbocycles. The summed E-state index contributed by atoms with van der Waals surface area (Å²) in [5.41, 5.74) is 0. The lowest BCUT2D eigenvalue weighted by molar-refractivity contribution is -0.121. The zero-order valence-corrected chi connectivity index (χ0v) is 16.0. The number of unbranched alkanes of at least 4 members (excludes halogenated alkanes) is 10.